The third-order valence-electron chi connectivity index (χ3n) is 5.55. The fourth-order valence-electron chi connectivity index (χ4n) is 3.84. The number of rotatable bonds is 6. The van der Waals surface area contributed by atoms with Crippen molar-refractivity contribution < 1.29 is 22.4 Å². The Morgan fingerprint density at radius 3 is 2.45 bits per heavy atom. The van der Waals surface area contributed by atoms with Gasteiger partial charge in [0.25, 0.3) is 0 Å². The van der Waals surface area contributed by atoms with Crippen LogP contribution >= 0.6 is 0 Å². The largest absolute Gasteiger partial charge is 0.497 e. The number of sulfonamides is 1. The summed E-state index contributed by atoms with van der Waals surface area (Å²) < 4.78 is 38.1. The first kappa shape index (κ1) is 21.4. The van der Waals surface area contributed by atoms with Gasteiger partial charge in [0.2, 0.25) is 15.9 Å². The molecule has 0 bridgehead atoms. The van der Waals surface area contributed by atoms with E-state index in [4.69, 9.17) is 9.15 Å². The summed E-state index contributed by atoms with van der Waals surface area (Å²) in [6, 6.07) is 11.8. The number of carbonyl (C=O) groups is 1. The Balaban J connectivity index is 1.43. The van der Waals surface area contributed by atoms with Gasteiger partial charge in [0, 0.05) is 29.7 Å². The monoisotopic (exact) mass is 442 g/mol. The first-order chi connectivity index (χ1) is 15.0. The number of ether oxygens (including phenoxy) is 1. The molecule has 164 valence electrons. The van der Waals surface area contributed by atoms with Gasteiger partial charge in [-0.3, -0.25) is 4.79 Å². The fraction of sp³-hybridized carbons (Fsp3) is 0.348. The second-order valence-corrected chi connectivity index (χ2v) is 9.63. The summed E-state index contributed by atoms with van der Waals surface area (Å²) in [5, 5.41) is 3.65. The Morgan fingerprint density at radius 1 is 1.06 bits per heavy atom. The summed E-state index contributed by atoms with van der Waals surface area (Å²) in [6.07, 6.45) is 5.61. The van der Waals surface area contributed by atoms with Gasteiger partial charge in [-0.15, -0.1) is 0 Å². The average Bonchev–Trinajstić information content (AvgIpc) is 2.97. The van der Waals surface area contributed by atoms with Gasteiger partial charge < -0.3 is 14.5 Å². The molecule has 3 aromatic rings. The second-order valence-electron chi connectivity index (χ2n) is 7.69. The van der Waals surface area contributed by atoms with Crippen molar-refractivity contribution in [3.05, 3.63) is 54.3 Å². The number of nitrogens with one attached hydrogen (secondary N) is 1. The molecule has 31 heavy (non-hydrogen) atoms. The van der Waals surface area contributed by atoms with Gasteiger partial charge in [-0.1, -0.05) is 12.8 Å². The highest BCUT2D eigenvalue weighted by Crippen LogP contribution is 2.27. The van der Waals surface area contributed by atoms with Crippen LogP contribution in [0, 0.1) is 0 Å². The molecule has 0 atom stereocenters. The first-order valence-electron chi connectivity index (χ1n) is 10.4. The molecule has 0 spiro atoms. The molecular formula is C23H26N2O5S. The zero-order chi connectivity index (χ0) is 21.8. The van der Waals surface area contributed by atoms with E-state index in [1.54, 1.807) is 54.1 Å². The Hall–Kier alpha value is -2.84. The number of hydrogen-bond donors (Lipinski definition) is 1. The Kier molecular flexibility index (Phi) is 6.29. The van der Waals surface area contributed by atoms with Crippen molar-refractivity contribution in [1.29, 1.82) is 0 Å². The highest BCUT2D eigenvalue weighted by atomic mass is 32.2. The number of benzene rings is 2. The fourth-order valence-corrected chi connectivity index (χ4v) is 5.36. The predicted octanol–water partition coefficient (Wildman–Crippen LogP) is 4.19. The van der Waals surface area contributed by atoms with Crippen LogP contribution in [0.1, 0.15) is 31.2 Å². The van der Waals surface area contributed by atoms with Crippen molar-refractivity contribution in [3.63, 3.8) is 0 Å². The highest BCUT2D eigenvalue weighted by Gasteiger charge is 2.25. The molecule has 1 aliphatic heterocycles. The second kappa shape index (κ2) is 9.11. The highest BCUT2D eigenvalue weighted by molar-refractivity contribution is 7.89. The molecule has 1 saturated heterocycles. The van der Waals surface area contributed by atoms with Crippen LogP contribution in [0.2, 0.25) is 0 Å². The van der Waals surface area contributed by atoms with Crippen LogP contribution in [0.15, 0.2) is 58.0 Å². The molecule has 0 unspecified atom stereocenters. The Morgan fingerprint density at radius 2 is 1.77 bits per heavy atom. The van der Waals surface area contributed by atoms with Crippen LogP contribution in [0.25, 0.3) is 11.0 Å². The molecule has 0 saturated carbocycles. The normalized spacial score (nSPS) is 15.5. The molecule has 2 heterocycles. The number of amides is 1. The first-order valence-corrected chi connectivity index (χ1v) is 11.9. The molecule has 1 aliphatic rings. The molecule has 7 nitrogen and oxygen atoms in total. The van der Waals surface area contributed by atoms with E-state index in [0.717, 1.165) is 36.6 Å². The molecule has 0 aliphatic carbocycles. The Labute approximate surface area is 182 Å². The van der Waals surface area contributed by atoms with Gasteiger partial charge in [-0.25, -0.2) is 8.42 Å². The minimum atomic E-state index is -3.51. The van der Waals surface area contributed by atoms with E-state index in [9.17, 15) is 13.2 Å². The van der Waals surface area contributed by atoms with E-state index < -0.39 is 10.0 Å². The van der Waals surface area contributed by atoms with Crippen molar-refractivity contribution in [2.45, 2.75) is 37.0 Å². The summed E-state index contributed by atoms with van der Waals surface area (Å²) >= 11 is 0. The number of hydrogen-bond acceptors (Lipinski definition) is 5. The van der Waals surface area contributed by atoms with Gasteiger partial charge in [0.15, 0.2) is 0 Å². The van der Waals surface area contributed by atoms with Crippen LogP contribution in [0.5, 0.6) is 5.75 Å². The van der Waals surface area contributed by atoms with E-state index in [2.05, 4.69) is 5.32 Å². The zero-order valence-electron chi connectivity index (χ0n) is 17.5. The zero-order valence-corrected chi connectivity index (χ0v) is 18.3. The van der Waals surface area contributed by atoms with Crippen molar-refractivity contribution in [3.8, 4) is 5.75 Å². The van der Waals surface area contributed by atoms with E-state index in [0.29, 0.717) is 30.1 Å². The molecule has 4 rings (SSSR count). The van der Waals surface area contributed by atoms with Gasteiger partial charge in [-0.05, 0) is 55.3 Å². The van der Waals surface area contributed by atoms with Gasteiger partial charge >= 0.3 is 0 Å². The van der Waals surface area contributed by atoms with E-state index in [-0.39, 0.29) is 17.2 Å². The summed E-state index contributed by atoms with van der Waals surface area (Å²) in [5.41, 5.74) is 1.99. The van der Waals surface area contributed by atoms with Gasteiger partial charge in [0.1, 0.15) is 11.3 Å². The van der Waals surface area contributed by atoms with Crippen molar-refractivity contribution in [1.82, 2.24) is 4.31 Å². The van der Waals surface area contributed by atoms with Gasteiger partial charge in [0.05, 0.1) is 24.7 Å². The number of nitrogens with zero attached hydrogens (tertiary/aromatic N) is 1. The minimum Gasteiger partial charge on any atom is -0.497 e. The smallest absolute Gasteiger partial charge is 0.243 e. The lowest BCUT2D eigenvalue weighted by atomic mass is 10.1. The number of anilines is 1. The molecule has 2 aromatic carbocycles. The summed E-state index contributed by atoms with van der Waals surface area (Å²) in [7, 11) is -1.92. The quantitative estimate of drug-likeness (QED) is 0.618. The maximum atomic E-state index is 12.9. The molecule has 8 heteroatoms. The maximum absolute atomic E-state index is 12.9. The van der Waals surface area contributed by atoms with E-state index in [1.165, 1.54) is 0 Å². The van der Waals surface area contributed by atoms with Crippen LogP contribution in [0.4, 0.5) is 5.69 Å². The lowest BCUT2D eigenvalue weighted by Crippen LogP contribution is -2.31. The number of furan rings is 1. The maximum Gasteiger partial charge on any atom is 0.243 e. The molecule has 1 N–H and O–H groups in total. The minimum absolute atomic E-state index is 0.133. The van der Waals surface area contributed by atoms with E-state index in [1.807, 2.05) is 6.07 Å². The number of carbonyl (C=O) groups excluding carboxylic acids is 1. The topological polar surface area (TPSA) is 88.8 Å². The molecule has 1 fully saturated rings. The lowest BCUT2D eigenvalue weighted by molar-refractivity contribution is -0.115. The number of methoxy groups -OCH3 is 1. The molecule has 1 aromatic heterocycles. The molecule has 1 amide bonds. The Bertz CT molecular complexity index is 1160. The van der Waals surface area contributed by atoms with Crippen molar-refractivity contribution >= 4 is 32.6 Å². The van der Waals surface area contributed by atoms with Crippen LogP contribution in [-0.2, 0) is 21.2 Å². The standard InChI is InChI=1S/C23H26N2O5S/c1-29-19-8-11-22-21(15-19)17(16-30-22)14-23(26)24-18-6-9-20(10-7-18)31(27,28)25-12-4-2-3-5-13-25/h6-11,15-16H,2-5,12-14H2,1H3,(H,24,26). The molecular weight excluding hydrogens is 416 g/mol. The van der Waals surface area contributed by atoms with E-state index >= 15 is 0 Å². The van der Waals surface area contributed by atoms with Crippen LogP contribution < -0.4 is 10.1 Å². The third kappa shape index (κ3) is 4.75. The summed E-state index contributed by atoms with van der Waals surface area (Å²) in [4.78, 5) is 12.8. The summed E-state index contributed by atoms with van der Waals surface area (Å²) in [6.45, 7) is 1.12. The lowest BCUT2D eigenvalue weighted by Gasteiger charge is -2.20. The third-order valence-corrected chi connectivity index (χ3v) is 7.47. The van der Waals surface area contributed by atoms with Gasteiger partial charge in [-0.2, -0.15) is 4.31 Å². The molecule has 0 radical (unpaired) electrons. The average molecular weight is 443 g/mol. The summed E-state index contributed by atoms with van der Waals surface area (Å²) in [5.74, 6) is 0.477. The van der Waals surface area contributed by atoms with Crippen molar-refractivity contribution in [2.24, 2.45) is 0 Å². The predicted molar refractivity (Wildman–Crippen MR) is 119 cm³/mol. The SMILES string of the molecule is COc1ccc2occ(CC(=O)Nc3ccc(S(=O)(=O)N4CCCCCC4)cc3)c2c1. The van der Waals surface area contributed by atoms with Crippen molar-refractivity contribution in [2.75, 3.05) is 25.5 Å². The van der Waals surface area contributed by atoms with Crippen LogP contribution in [-0.4, -0.2) is 38.8 Å². The number of fused-ring (bicyclic) bond motifs is 1. The van der Waals surface area contributed by atoms with Crippen LogP contribution in [0.3, 0.4) is 0 Å².